The largest absolute Gasteiger partial charge is 0.455 e. The fraction of sp³-hybridized carbons (Fsp3) is 0.409. The van der Waals surface area contributed by atoms with Gasteiger partial charge in [0.15, 0.2) is 5.76 Å². The number of nitrogens with one attached hydrogen (secondary N) is 1. The molecule has 1 fully saturated rings. The van der Waals surface area contributed by atoms with Gasteiger partial charge in [-0.3, -0.25) is 14.5 Å². The highest BCUT2D eigenvalue weighted by atomic mass is 35.5. The number of carbonyl (C=O) groups is 1. The Morgan fingerprint density at radius 2 is 2.26 bits per heavy atom. The third kappa shape index (κ3) is 3.98. The average Bonchev–Trinajstić information content (AvgIpc) is 3.34. The molecule has 1 aliphatic heterocycles. The van der Waals surface area contributed by atoms with Crippen molar-refractivity contribution in [3.8, 4) is 11.3 Å². The molecule has 5 rings (SSSR count). The first-order valence-electron chi connectivity index (χ1n) is 10.4. The van der Waals surface area contributed by atoms with Gasteiger partial charge in [-0.1, -0.05) is 11.6 Å². The second-order valence-electron chi connectivity index (χ2n) is 7.76. The average molecular weight is 443 g/mol. The third-order valence-corrected chi connectivity index (χ3v) is 5.99. The van der Waals surface area contributed by atoms with Crippen molar-refractivity contribution in [3.63, 3.8) is 0 Å². The van der Waals surface area contributed by atoms with Crippen molar-refractivity contribution in [3.05, 3.63) is 57.9 Å². The fourth-order valence-electron chi connectivity index (χ4n) is 4.09. The SMILES string of the molecule is Cc1c(C(=O)NC[C@@H]2COCCO2)oc2c1-c1nn(Cc3ncccc3Cl)cc1CC2. The monoisotopic (exact) mass is 442 g/mol. The van der Waals surface area contributed by atoms with Crippen molar-refractivity contribution >= 4 is 17.5 Å². The topological polar surface area (TPSA) is 91.4 Å². The summed E-state index contributed by atoms with van der Waals surface area (Å²) in [5.41, 5.74) is 4.47. The number of hydrogen-bond acceptors (Lipinski definition) is 6. The third-order valence-electron chi connectivity index (χ3n) is 5.64. The molecule has 1 saturated heterocycles. The van der Waals surface area contributed by atoms with Crippen LogP contribution in [-0.2, 0) is 28.9 Å². The van der Waals surface area contributed by atoms with Crippen molar-refractivity contribution in [2.75, 3.05) is 26.4 Å². The van der Waals surface area contributed by atoms with Crippen LogP contribution < -0.4 is 5.32 Å². The second-order valence-corrected chi connectivity index (χ2v) is 8.17. The van der Waals surface area contributed by atoms with E-state index in [2.05, 4.69) is 10.3 Å². The summed E-state index contributed by atoms with van der Waals surface area (Å²) in [4.78, 5) is 17.1. The molecular formula is C22H23ClN4O4. The summed E-state index contributed by atoms with van der Waals surface area (Å²) in [5.74, 6) is 0.882. The molecule has 0 bridgehead atoms. The maximum absolute atomic E-state index is 12.8. The van der Waals surface area contributed by atoms with Crippen LogP contribution in [0.2, 0.25) is 5.02 Å². The number of halogens is 1. The van der Waals surface area contributed by atoms with Crippen molar-refractivity contribution < 1.29 is 18.7 Å². The Morgan fingerprint density at radius 3 is 3.06 bits per heavy atom. The fourth-order valence-corrected chi connectivity index (χ4v) is 4.27. The number of aromatic nitrogens is 3. The maximum Gasteiger partial charge on any atom is 0.287 e. The van der Waals surface area contributed by atoms with Gasteiger partial charge in [0.05, 0.1) is 48.9 Å². The van der Waals surface area contributed by atoms with Crippen molar-refractivity contribution in [2.24, 2.45) is 0 Å². The lowest BCUT2D eigenvalue weighted by Gasteiger charge is -2.22. The molecule has 9 heteroatoms. The van der Waals surface area contributed by atoms with Gasteiger partial charge in [-0.15, -0.1) is 0 Å². The van der Waals surface area contributed by atoms with Crippen LogP contribution >= 0.6 is 11.6 Å². The van der Waals surface area contributed by atoms with Crippen molar-refractivity contribution in [1.82, 2.24) is 20.1 Å². The van der Waals surface area contributed by atoms with E-state index in [4.69, 9.17) is 30.6 Å². The lowest BCUT2D eigenvalue weighted by molar-refractivity contribution is -0.0856. The Kier molecular flexibility index (Phi) is 5.52. The van der Waals surface area contributed by atoms with Gasteiger partial charge >= 0.3 is 0 Å². The van der Waals surface area contributed by atoms with E-state index in [9.17, 15) is 4.79 Å². The Morgan fingerprint density at radius 1 is 1.35 bits per heavy atom. The van der Waals surface area contributed by atoms with Crippen LogP contribution in [0.1, 0.15) is 33.1 Å². The Labute approximate surface area is 184 Å². The lowest BCUT2D eigenvalue weighted by Crippen LogP contribution is -2.39. The first kappa shape index (κ1) is 20.2. The zero-order chi connectivity index (χ0) is 21.4. The van der Waals surface area contributed by atoms with Gasteiger partial charge in [0.25, 0.3) is 5.91 Å². The molecule has 1 aliphatic carbocycles. The summed E-state index contributed by atoms with van der Waals surface area (Å²) >= 11 is 6.25. The van der Waals surface area contributed by atoms with E-state index in [0.29, 0.717) is 43.7 Å². The van der Waals surface area contributed by atoms with E-state index in [1.807, 2.05) is 23.9 Å². The molecule has 0 spiro atoms. The standard InChI is InChI=1S/C22H23ClN4O4/c1-13-19-18(31-21(13)22(28)25-9-15-12-29-7-8-30-15)5-4-14-10-27(26-20(14)19)11-17-16(23)3-2-6-24-17/h2-3,6,10,15H,4-5,7-9,11-12H2,1H3,(H,25,28)/t15-/m1/s1. The summed E-state index contributed by atoms with van der Waals surface area (Å²) in [7, 11) is 0. The van der Waals surface area contributed by atoms with Gasteiger partial charge in [0, 0.05) is 36.5 Å². The van der Waals surface area contributed by atoms with Gasteiger partial charge in [0.1, 0.15) is 5.76 Å². The van der Waals surface area contributed by atoms with Crippen LogP contribution in [-0.4, -0.2) is 53.1 Å². The zero-order valence-corrected chi connectivity index (χ0v) is 17.9. The van der Waals surface area contributed by atoms with Gasteiger partial charge in [-0.2, -0.15) is 5.10 Å². The van der Waals surface area contributed by atoms with Gasteiger partial charge in [-0.25, -0.2) is 0 Å². The summed E-state index contributed by atoms with van der Waals surface area (Å²) in [5, 5.41) is 8.29. The maximum atomic E-state index is 12.8. The number of rotatable bonds is 5. The molecule has 1 N–H and O–H groups in total. The number of fused-ring (bicyclic) bond motifs is 3. The number of hydrogen-bond donors (Lipinski definition) is 1. The molecule has 1 atom stereocenters. The van der Waals surface area contributed by atoms with Crippen LogP contribution in [0.3, 0.4) is 0 Å². The molecule has 1 amide bonds. The Hall–Kier alpha value is -2.68. The molecule has 31 heavy (non-hydrogen) atoms. The molecule has 162 valence electrons. The van der Waals surface area contributed by atoms with E-state index in [-0.39, 0.29) is 12.0 Å². The van der Waals surface area contributed by atoms with Gasteiger partial charge in [-0.05, 0) is 31.0 Å². The molecule has 3 aromatic rings. The van der Waals surface area contributed by atoms with Crippen molar-refractivity contribution in [2.45, 2.75) is 32.4 Å². The van der Waals surface area contributed by atoms with Crippen LogP contribution in [0, 0.1) is 6.92 Å². The van der Waals surface area contributed by atoms with E-state index in [1.54, 1.807) is 12.3 Å². The van der Waals surface area contributed by atoms with E-state index < -0.39 is 0 Å². The minimum absolute atomic E-state index is 0.136. The summed E-state index contributed by atoms with van der Waals surface area (Å²) < 4.78 is 18.8. The lowest BCUT2D eigenvalue weighted by atomic mass is 9.93. The smallest absolute Gasteiger partial charge is 0.287 e. The zero-order valence-electron chi connectivity index (χ0n) is 17.2. The molecule has 0 unspecified atom stereocenters. The Bertz CT molecular complexity index is 1120. The van der Waals surface area contributed by atoms with Crippen LogP contribution in [0.5, 0.6) is 0 Å². The number of amides is 1. The summed E-state index contributed by atoms with van der Waals surface area (Å²) in [6, 6.07) is 3.63. The highest BCUT2D eigenvalue weighted by molar-refractivity contribution is 6.31. The molecule has 0 saturated carbocycles. The molecular weight excluding hydrogens is 420 g/mol. The van der Waals surface area contributed by atoms with Crippen LogP contribution in [0.15, 0.2) is 28.9 Å². The number of nitrogens with zero attached hydrogens (tertiary/aromatic N) is 3. The number of ether oxygens (including phenoxy) is 2. The summed E-state index contributed by atoms with van der Waals surface area (Å²) in [6.45, 7) is 4.39. The number of pyridine rings is 1. The Balaban J connectivity index is 1.37. The molecule has 4 heterocycles. The highest BCUT2D eigenvalue weighted by Gasteiger charge is 2.30. The predicted molar refractivity (Wildman–Crippen MR) is 113 cm³/mol. The van der Waals surface area contributed by atoms with E-state index in [1.165, 1.54) is 0 Å². The molecule has 8 nitrogen and oxygen atoms in total. The minimum atomic E-state index is -0.248. The van der Waals surface area contributed by atoms with Crippen LogP contribution in [0.25, 0.3) is 11.3 Å². The molecule has 2 aliphatic rings. The second kappa shape index (κ2) is 8.45. The molecule has 0 radical (unpaired) electrons. The first-order chi connectivity index (χ1) is 15.1. The number of aryl methyl sites for hydroxylation is 2. The normalized spacial score (nSPS) is 17.8. The molecule has 0 aromatic carbocycles. The number of furan rings is 1. The molecule has 3 aromatic heterocycles. The van der Waals surface area contributed by atoms with Crippen LogP contribution in [0.4, 0.5) is 0 Å². The van der Waals surface area contributed by atoms with E-state index >= 15 is 0 Å². The van der Waals surface area contributed by atoms with Gasteiger partial charge < -0.3 is 19.2 Å². The van der Waals surface area contributed by atoms with Gasteiger partial charge in [0.2, 0.25) is 0 Å². The highest BCUT2D eigenvalue weighted by Crippen LogP contribution is 2.38. The number of carbonyl (C=O) groups excluding carboxylic acids is 1. The quantitative estimate of drug-likeness (QED) is 0.653. The summed E-state index contributed by atoms with van der Waals surface area (Å²) in [6.07, 6.45) is 5.14. The first-order valence-corrected chi connectivity index (χ1v) is 10.7. The van der Waals surface area contributed by atoms with E-state index in [0.717, 1.165) is 46.7 Å². The van der Waals surface area contributed by atoms with Crippen molar-refractivity contribution in [1.29, 1.82) is 0 Å². The minimum Gasteiger partial charge on any atom is -0.455 e. The predicted octanol–water partition coefficient (Wildman–Crippen LogP) is 2.79.